The highest BCUT2D eigenvalue weighted by atomic mass is 16.2. The van der Waals surface area contributed by atoms with Crippen molar-refractivity contribution in [2.24, 2.45) is 0 Å². The van der Waals surface area contributed by atoms with Crippen molar-refractivity contribution in [1.29, 1.82) is 0 Å². The normalized spacial score (nSPS) is 13.4. The lowest BCUT2D eigenvalue weighted by molar-refractivity contribution is 0.0945. The first-order chi connectivity index (χ1) is 12.1. The molecule has 0 saturated heterocycles. The third-order valence-corrected chi connectivity index (χ3v) is 4.41. The molecule has 1 amide bonds. The van der Waals surface area contributed by atoms with Crippen LogP contribution in [0.15, 0.2) is 30.3 Å². The largest absolute Gasteiger partial charge is 0.372 e. The van der Waals surface area contributed by atoms with Crippen LogP contribution >= 0.6 is 0 Å². The molecule has 1 fully saturated rings. The van der Waals surface area contributed by atoms with Gasteiger partial charge in [-0.3, -0.25) is 4.79 Å². The van der Waals surface area contributed by atoms with Gasteiger partial charge in [0, 0.05) is 30.5 Å². The molecule has 6 nitrogen and oxygen atoms in total. The summed E-state index contributed by atoms with van der Waals surface area (Å²) >= 11 is 0. The van der Waals surface area contributed by atoms with Gasteiger partial charge in [0.25, 0.3) is 5.91 Å². The lowest BCUT2D eigenvalue weighted by Crippen LogP contribution is -2.26. The van der Waals surface area contributed by atoms with Gasteiger partial charge in [-0.05, 0) is 69.5 Å². The topological polar surface area (TPSA) is 70.2 Å². The van der Waals surface area contributed by atoms with Crippen LogP contribution in [0, 0.1) is 6.92 Å². The minimum atomic E-state index is -0.152. The number of rotatable bonds is 7. The molecule has 2 aromatic rings. The Morgan fingerprint density at radius 2 is 1.92 bits per heavy atom. The van der Waals surface area contributed by atoms with Crippen LogP contribution in [0.3, 0.4) is 0 Å². The molecule has 0 bridgehead atoms. The van der Waals surface area contributed by atoms with Crippen molar-refractivity contribution in [1.82, 2.24) is 15.5 Å². The summed E-state index contributed by atoms with van der Waals surface area (Å²) in [5.41, 5.74) is 3.69. The molecule has 0 radical (unpaired) electrons. The van der Waals surface area contributed by atoms with Gasteiger partial charge in [0.15, 0.2) is 11.5 Å². The monoisotopic (exact) mass is 339 g/mol. The van der Waals surface area contributed by atoms with Crippen molar-refractivity contribution in [2.45, 2.75) is 39.7 Å². The Balaban J connectivity index is 1.68. The van der Waals surface area contributed by atoms with Crippen LogP contribution in [0.1, 0.15) is 42.7 Å². The van der Waals surface area contributed by atoms with E-state index < -0.39 is 0 Å². The maximum Gasteiger partial charge on any atom is 0.272 e. The average molecular weight is 339 g/mol. The fourth-order valence-corrected chi connectivity index (χ4v) is 2.72. The zero-order valence-electron chi connectivity index (χ0n) is 15.0. The minimum Gasteiger partial charge on any atom is -0.372 e. The fourth-order valence-electron chi connectivity index (χ4n) is 2.72. The summed E-state index contributed by atoms with van der Waals surface area (Å²) in [5, 5.41) is 14.3. The second-order valence-corrected chi connectivity index (χ2v) is 6.35. The van der Waals surface area contributed by atoms with Gasteiger partial charge in [0.05, 0.1) is 0 Å². The molecule has 3 rings (SSSR count). The van der Waals surface area contributed by atoms with E-state index in [2.05, 4.69) is 64.7 Å². The van der Waals surface area contributed by atoms with Crippen LogP contribution in [0.4, 0.5) is 17.2 Å². The van der Waals surface area contributed by atoms with E-state index in [4.69, 9.17) is 0 Å². The van der Waals surface area contributed by atoms with Gasteiger partial charge in [-0.15, -0.1) is 10.2 Å². The number of nitrogens with one attached hydrogen (secondary N) is 2. The van der Waals surface area contributed by atoms with Gasteiger partial charge < -0.3 is 15.5 Å². The summed E-state index contributed by atoms with van der Waals surface area (Å²) in [4.78, 5) is 14.2. The SMILES string of the molecule is CCN(CC)c1ccc(Nc2ccc(C(=O)NC3CC3)nn2)c(C)c1. The molecule has 1 heterocycles. The molecule has 1 aliphatic carbocycles. The van der Waals surface area contributed by atoms with Crippen molar-refractivity contribution in [3.63, 3.8) is 0 Å². The van der Waals surface area contributed by atoms with Gasteiger partial charge in [0.2, 0.25) is 0 Å². The lowest BCUT2D eigenvalue weighted by Gasteiger charge is -2.22. The van der Waals surface area contributed by atoms with Gasteiger partial charge in [-0.25, -0.2) is 0 Å². The molecule has 132 valence electrons. The standard InChI is InChI=1S/C19H25N5O/c1-4-24(5-2)15-8-9-16(13(3)12-15)21-18-11-10-17(22-23-18)19(25)20-14-6-7-14/h8-12,14H,4-7H2,1-3H3,(H,20,25)(H,21,23). The van der Waals surface area contributed by atoms with E-state index in [1.165, 1.54) is 5.69 Å². The lowest BCUT2D eigenvalue weighted by atomic mass is 10.1. The summed E-state index contributed by atoms with van der Waals surface area (Å²) in [5.74, 6) is 0.475. The summed E-state index contributed by atoms with van der Waals surface area (Å²) in [6, 6.07) is 10.1. The van der Waals surface area contributed by atoms with Crippen LogP contribution in [-0.2, 0) is 0 Å². The quantitative estimate of drug-likeness (QED) is 0.810. The number of nitrogens with zero attached hydrogens (tertiary/aromatic N) is 3. The maximum absolute atomic E-state index is 11.9. The Hall–Kier alpha value is -2.63. The number of aromatic nitrogens is 2. The van der Waals surface area contributed by atoms with Crippen LogP contribution in [0.2, 0.25) is 0 Å². The van der Waals surface area contributed by atoms with Crippen LogP contribution in [0.5, 0.6) is 0 Å². The predicted molar refractivity (Wildman–Crippen MR) is 101 cm³/mol. The highest BCUT2D eigenvalue weighted by Gasteiger charge is 2.24. The Morgan fingerprint density at radius 1 is 1.16 bits per heavy atom. The molecular weight excluding hydrogens is 314 g/mol. The highest BCUT2D eigenvalue weighted by Crippen LogP contribution is 2.25. The van der Waals surface area contributed by atoms with E-state index in [0.29, 0.717) is 17.6 Å². The number of benzene rings is 1. The van der Waals surface area contributed by atoms with Crippen molar-refractivity contribution >= 4 is 23.1 Å². The fraction of sp³-hybridized carbons (Fsp3) is 0.421. The predicted octanol–water partition coefficient (Wildman–Crippen LogP) is 3.27. The minimum absolute atomic E-state index is 0.152. The smallest absolute Gasteiger partial charge is 0.272 e. The van der Waals surface area contributed by atoms with E-state index in [-0.39, 0.29) is 5.91 Å². The van der Waals surface area contributed by atoms with E-state index in [9.17, 15) is 4.79 Å². The summed E-state index contributed by atoms with van der Waals surface area (Å²) in [6.45, 7) is 8.35. The zero-order valence-corrected chi connectivity index (χ0v) is 15.0. The van der Waals surface area contributed by atoms with E-state index in [0.717, 1.165) is 37.2 Å². The molecule has 1 aromatic heterocycles. The van der Waals surface area contributed by atoms with Gasteiger partial charge >= 0.3 is 0 Å². The number of hydrogen-bond acceptors (Lipinski definition) is 5. The molecule has 1 aliphatic rings. The van der Waals surface area contributed by atoms with Crippen LogP contribution < -0.4 is 15.5 Å². The molecule has 2 N–H and O–H groups in total. The van der Waals surface area contributed by atoms with E-state index >= 15 is 0 Å². The highest BCUT2D eigenvalue weighted by molar-refractivity contribution is 5.92. The summed E-state index contributed by atoms with van der Waals surface area (Å²) in [6.07, 6.45) is 2.11. The Bertz CT molecular complexity index is 736. The first kappa shape index (κ1) is 17.2. The molecule has 0 spiro atoms. The summed E-state index contributed by atoms with van der Waals surface area (Å²) in [7, 11) is 0. The van der Waals surface area contributed by atoms with Crippen molar-refractivity contribution < 1.29 is 4.79 Å². The molecule has 0 aliphatic heterocycles. The number of aryl methyl sites for hydroxylation is 1. The van der Waals surface area contributed by atoms with Crippen LogP contribution in [0.25, 0.3) is 0 Å². The second-order valence-electron chi connectivity index (χ2n) is 6.35. The number of hydrogen-bond donors (Lipinski definition) is 2. The molecule has 0 atom stereocenters. The van der Waals surface area contributed by atoms with Crippen molar-refractivity contribution in [3.05, 3.63) is 41.6 Å². The van der Waals surface area contributed by atoms with E-state index in [1.807, 2.05) is 0 Å². The maximum atomic E-state index is 11.9. The number of carbonyl (C=O) groups excluding carboxylic acids is 1. The molecule has 25 heavy (non-hydrogen) atoms. The third kappa shape index (κ3) is 4.26. The average Bonchev–Trinajstić information content (AvgIpc) is 3.43. The number of amides is 1. The Morgan fingerprint density at radius 3 is 2.48 bits per heavy atom. The van der Waals surface area contributed by atoms with Crippen molar-refractivity contribution in [2.75, 3.05) is 23.3 Å². The molecule has 0 unspecified atom stereocenters. The molecule has 6 heteroatoms. The van der Waals surface area contributed by atoms with Gasteiger partial charge in [-0.1, -0.05) is 0 Å². The molecular formula is C19H25N5O. The van der Waals surface area contributed by atoms with Crippen LogP contribution in [-0.4, -0.2) is 35.2 Å². The Kier molecular flexibility index (Phi) is 5.16. The third-order valence-electron chi connectivity index (χ3n) is 4.41. The zero-order chi connectivity index (χ0) is 17.8. The molecule has 1 saturated carbocycles. The van der Waals surface area contributed by atoms with Gasteiger partial charge in [-0.2, -0.15) is 0 Å². The first-order valence-electron chi connectivity index (χ1n) is 8.88. The summed E-state index contributed by atoms with van der Waals surface area (Å²) < 4.78 is 0. The Labute approximate surface area is 148 Å². The number of carbonyl (C=O) groups is 1. The van der Waals surface area contributed by atoms with Crippen molar-refractivity contribution in [3.8, 4) is 0 Å². The number of anilines is 3. The second kappa shape index (κ2) is 7.51. The first-order valence-corrected chi connectivity index (χ1v) is 8.88. The molecule has 1 aromatic carbocycles. The van der Waals surface area contributed by atoms with Gasteiger partial charge in [0.1, 0.15) is 0 Å². The van der Waals surface area contributed by atoms with E-state index in [1.54, 1.807) is 12.1 Å².